The van der Waals surface area contributed by atoms with Crippen LogP contribution < -0.4 is 5.32 Å². The predicted octanol–water partition coefficient (Wildman–Crippen LogP) is 1.68. The molecule has 0 saturated heterocycles. The van der Waals surface area contributed by atoms with Crippen molar-refractivity contribution in [1.29, 1.82) is 0 Å². The van der Waals surface area contributed by atoms with Crippen molar-refractivity contribution < 1.29 is 8.42 Å². The molecular weight excluding hydrogens is 236 g/mol. The van der Waals surface area contributed by atoms with Crippen LogP contribution in [0.5, 0.6) is 0 Å². The van der Waals surface area contributed by atoms with Gasteiger partial charge in [-0.05, 0) is 38.8 Å². The van der Waals surface area contributed by atoms with E-state index in [1.165, 1.54) is 4.31 Å². The molecule has 104 valence electrons. The van der Waals surface area contributed by atoms with E-state index >= 15 is 0 Å². The van der Waals surface area contributed by atoms with Crippen LogP contribution >= 0.6 is 0 Å². The van der Waals surface area contributed by atoms with Crippen molar-refractivity contribution in [2.24, 2.45) is 5.92 Å². The van der Waals surface area contributed by atoms with E-state index in [1.54, 1.807) is 7.05 Å². The van der Waals surface area contributed by atoms with Crippen LogP contribution in [-0.4, -0.2) is 44.7 Å². The highest BCUT2D eigenvalue weighted by molar-refractivity contribution is 7.89. The monoisotopic (exact) mass is 264 g/mol. The molecule has 0 aliphatic rings. The zero-order valence-corrected chi connectivity index (χ0v) is 12.7. The van der Waals surface area contributed by atoms with E-state index in [4.69, 9.17) is 0 Å². The highest BCUT2D eigenvalue weighted by atomic mass is 32.2. The van der Waals surface area contributed by atoms with Crippen LogP contribution in [0.15, 0.2) is 0 Å². The molecule has 1 atom stereocenters. The van der Waals surface area contributed by atoms with Crippen LogP contribution in [0.3, 0.4) is 0 Å². The summed E-state index contributed by atoms with van der Waals surface area (Å²) in [6.07, 6.45) is 1.64. The Balaban J connectivity index is 4.10. The van der Waals surface area contributed by atoms with E-state index in [2.05, 4.69) is 12.2 Å². The molecule has 0 radical (unpaired) electrons. The first-order valence-corrected chi connectivity index (χ1v) is 8.10. The number of nitrogens with one attached hydrogen (secondary N) is 1. The number of sulfonamides is 1. The van der Waals surface area contributed by atoms with Gasteiger partial charge in [0.15, 0.2) is 0 Å². The molecule has 0 saturated carbocycles. The summed E-state index contributed by atoms with van der Waals surface area (Å²) in [5, 5.41) is 3.20. The molecule has 17 heavy (non-hydrogen) atoms. The predicted molar refractivity (Wildman–Crippen MR) is 73.6 cm³/mol. The fourth-order valence-electron chi connectivity index (χ4n) is 1.53. The van der Waals surface area contributed by atoms with Gasteiger partial charge in [-0.2, -0.15) is 0 Å². The lowest BCUT2D eigenvalue weighted by molar-refractivity contribution is 0.315. The molecule has 0 spiro atoms. The summed E-state index contributed by atoms with van der Waals surface area (Å²) < 4.78 is 25.5. The van der Waals surface area contributed by atoms with Gasteiger partial charge < -0.3 is 5.32 Å². The van der Waals surface area contributed by atoms with Crippen LogP contribution in [-0.2, 0) is 10.0 Å². The molecule has 4 nitrogen and oxygen atoms in total. The molecule has 5 heteroatoms. The Morgan fingerprint density at radius 2 is 1.76 bits per heavy atom. The molecule has 0 aromatic heterocycles. The zero-order chi connectivity index (χ0) is 13.5. The maximum atomic E-state index is 12.0. The lowest BCUT2D eigenvalue weighted by Gasteiger charge is -2.27. The van der Waals surface area contributed by atoms with Crippen molar-refractivity contribution in [2.45, 2.75) is 46.6 Å². The first kappa shape index (κ1) is 16.9. The Morgan fingerprint density at radius 3 is 2.24 bits per heavy atom. The second-order valence-corrected chi connectivity index (χ2v) is 7.03. The van der Waals surface area contributed by atoms with Gasteiger partial charge in [0.25, 0.3) is 0 Å². The van der Waals surface area contributed by atoms with Crippen LogP contribution in [0.25, 0.3) is 0 Å². The van der Waals surface area contributed by atoms with Gasteiger partial charge in [0.1, 0.15) is 0 Å². The maximum absolute atomic E-state index is 12.0. The standard InChI is InChI=1S/C12H28N2O2S/c1-6-13-9-7-8-10-17(15,16)14(5)12(4)11(2)3/h11-13H,6-10H2,1-5H3. The van der Waals surface area contributed by atoms with E-state index in [1.807, 2.05) is 20.8 Å². The van der Waals surface area contributed by atoms with E-state index in [0.29, 0.717) is 5.92 Å². The van der Waals surface area contributed by atoms with E-state index in [9.17, 15) is 8.42 Å². The fourth-order valence-corrected chi connectivity index (χ4v) is 3.14. The van der Waals surface area contributed by atoms with Crippen LogP contribution in [0, 0.1) is 5.92 Å². The quantitative estimate of drug-likeness (QED) is 0.645. The Morgan fingerprint density at radius 1 is 1.18 bits per heavy atom. The lowest BCUT2D eigenvalue weighted by Crippen LogP contribution is -2.39. The van der Waals surface area contributed by atoms with Gasteiger partial charge in [0.05, 0.1) is 5.75 Å². The molecule has 0 fully saturated rings. The molecule has 1 unspecified atom stereocenters. The molecular formula is C12H28N2O2S. The van der Waals surface area contributed by atoms with Gasteiger partial charge in [-0.25, -0.2) is 12.7 Å². The summed E-state index contributed by atoms with van der Waals surface area (Å²) in [6.45, 7) is 9.94. The van der Waals surface area contributed by atoms with Gasteiger partial charge in [0.2, 0.25) is 10.0 Å². The van der Waals surface area contributed by atoms with Crippen LogP contribution in [0.2, 0.25) is 0 Å². The summed E-state index contributed by atoms with van der Waals surface area (Å²) >= 11 is 0. The third kappa shape index (κ3) is 6.38. The number of nitrogens with zero attached hydrogens (tertiary/aromatic N) is 1. The van der Waals surface area contributed by atoms with Gasteiger partial charge >= 0.3 is 0 Å². The van der Waals surface area contributed by atoms with Gasteiger partial charge in [-0.1, -0.05) is 20.8 Å². The summed E-state index contributed by atoms with van der Waals surface area (Å²) in [6, 6.07) is 0.0637. The lowest BCUT2D eigenvalue weighted by atomic mass is 10.1. The molecule has 0 aliphatic carbocycles. The van der Waals surface area contributed by atoms with Crippen molar-refractivity contribution in [3.8, 4) is 0 Å². The Hall–Kier alpha value is -0.130. The minimum absolute atomic E-state index is 0.0637. The average Bonchev–Trinajstić information content (AvgIpc) is 2.26. The number of hydrogen-bond donors (Lipinski definition) is 1. The summed E-state index contributed by atoms with van der Waals surface area (Å²) in [7, 11) is -1.40. The Kier molecular flexibility index (Phi) is 8.00. The highest BCUT2D eigenvalue weighted by Gasteiger charge is 2.24. The summed E-state index contributed by atoms with van der Waals surface area (Å²) in [5.74, 6) is 0.600. The number of rotatable bonds is 9. The SMILES string of the molecule is CCNCCCCS(=O)(=O)N(C)C(C)C(C)C. The van der Waals surface area contributed by atoms with Gasteiger partial charge in [-0.3, -0.25) is 0 Å². The topological polar surface area (TPSA) is 49.4 Å². The first-order valence-electron chi connectivity index (χ1n) is 6.49. The largest absolute Gasteiger partial charge is 0.317 e. The van der Waals surface area contributed by atoms with Crippen molar-refractivity contribution in [1.82, 2.24) is 9.62 Å². The fraction of sp³-hybridized carbons (Fsp3) is 1.00. The van der Waals surface area contributed by atoms with E-state index in [-0.39, 0.29) is 11.8 Å². The molecule has 0 bridgehead atoms. The van der Waals surface area contributed by atoms with Crippen molar-refractivity contribution in [3.63, 3.8) is 0 Å². The normalized spacial score (nSPS) is 14.5. The Labute approximate surface area is 107 Å². The molecule has 0 aromatic carbocycles. The van der Waals surface area contributed by atoms with Crippen molar-refractivity contribution in [3.05, 3.63) is 0 Å². The minimum Gasteiger partial charge on any atom is -0.317 e. The van der Waals surface area contributed by atoms with Crippen molar-refractivity contribution >= 4 is 10.0 Å². The highest BCUT2D eigenvalue weighted by Crippen LogP contribution is 2.13. The summed E-state index contributed by atoms with van der Waals surface area (Å²) in [5.41, 5.74) is 0. The molecule has 0 rings (SSSR count). The molecule has 0 amide bonds. The molecule has 0 heterocycles. The van der Waals surface area contributed by atoms with Crippen molar-refractivity contribution in [2.75, 3.05) is 25.9 Å². The van der Waals surface area contributed by atoms with E-state index in [0.717, 1.165) is 25.9 Å². The van der Waals surface area contributed by atoms with Gasteiger partial charge in [0, 0.05) is 13.1 Å². The maximum Gasteiger partial charge on any atom is 0.214 e. The van der Waals surface area contributed by atoms with Crippen LogP contribution in [0.4, 0.5) is 0 Å². The smallest absolute Gasteiger partial charge is 0.214 e. The zero-order valence-electron chi connectivity index (χ0n) is 11.9. The third-order valence-electron chi connectivity index (χ3n) is 3.23. The number of unbranched alkanes of at least 4 members (excludes halogenated alkanes) is 1. The number of hydrogen-bond acceptors (Lipinski definition) is 3. The average molecular weight is 264 g/mol. The molecule has 1 N–H and O–H groups in total. The Bertz CT molecular complexity index is 289. The molecule has 0 aromatic rings. The van der Waals surface area contributed by atoms with Gasteiger partial charge in [-0.15, -0.1) is 0 Å². The van der Waals surface area contributed by atoms with Crippen LogP contribution in [0.1, 0.15) is 40.5 Å². The van der Waals surface area contributed by atoms with E-state index < -0.39 is 10.0 Å². The minimum atomic E-state index is -3.09. The second-order valence-electron chi connectivity index (χ2n) is 4.88. The third-order valence-corrected chi connectivity index (χ3v) is 5.25. The second kappa shape index (κ2) is 8.06. The summed E-state index contributed by atoms with van der Waals surface area (Å²) in [4.78, 5) is 0. The molecule has 0 aliphatic heterocycles. The first-order chi connectivity index (χ1) is 7.83.